The zero-order chi connectivity index (χ0) is 10.4. The second-order valence-corrected chi connectivity index (χ2v) is 4.62. The Morgan fingerprint density at radius 3 is 2.71 bits per heavy atom. The normalized spacial score (nSPS) is 10.4. The first kappa shape index (κ1) is 11.2. The number of hydrogen-bond donors (Lipinski definition) is 0. The maximum atomic E-state index is 8.45. The number of nitrogens with zero attached hydrogens (tertiary/aromatic N) is 2. The summed E-state index contributed by atoms with van der Waals surface area (Å²) in [5.41, 5.74) is 0. The predicted octanol–water partition coefficient (Wildman–Crippen LogP) is 2.66. The fourth-order valence-electron chi connectivity index (χ4n) is 1.28. The Bertz CT molecular complexity index is 311. The third kappa shape index (κ3) is 3.49. The monoisotopic (exact) mass is 208 g/mol. The molecular formula is C11H16N2S. The lowest BCUT2D eigenvalue weighted by Gasteiger charge is -2.12. The van der Waals surface area contributed by atoms with Crippen LogP contribution in [0.5, 0.6) is 0 Å². The molecule has 0 bridgehead atoms. The molecular weight excluding hydrogens is 192 g/mol. The van der Waals surface area contributed by atoms with E-state index >= 15 is 0 Å². The molecule has 76 valence electrons. The van der Waals surface area contributed by atoms with E-state index in [-0.39, 0.29) is 0 Å². The third-order valence-electron chi connectivity index (χ3n) is 2.10. The highest BCUT2D eigenvalue weighted by Crippen LogP contribution is 2.18. The van der Waals surface area contributed by atoms with Gasteiger partial charge in [-0.05, 0) is 25.6 Å². The zero-order valence-corrected chi connectivity index (χ0v) is 9.60. The molecule has 0 saturated heterocycles. The van der Waals surface area contributed by atoms with Crippen LogP contribution in [0.1, 0.15) is 23.1 Å². The molecule has 1 rings (SSSR count). The Morgan fingerprint density at radius 2 is 2.14 bits per heavy atom. The lowest BCUT2D eigenvalue weighted by molar-refractivity contribution is 0.338. The van der Waals surface area contributed by atoms with E-state index in [0.717, 1.165) is 19.5 Å². The second kappa shape index (κ2) is 5.79. The molecule has 0 aromatic carbocycles. The first-order valence-corrected chi connectivity index (χ1v) is 5.71. The third-order valence-corrected chi connectivity index (χ3v) is 3.31. The van der Waals surface area contributed by atoms with Crippen molar-refractivity contribution in [3.63, 3.8) is 0 Å². The summed E-state index contributed by atoms with van der Waals surface area (Å²) in [6.45, 7) is 4.00. The minimum absolute atomic E-state index is 0.614. The van der Waals surface area contributed by atoms with E-state index in [1.54, 1.807) is 0 Å². The molecule has 0 saturated carbocycles. The van der Waals surface area contributed by atoms with E-state index in [1.807, 2.05) is 11.3 Å². The minimum Gasteiger partial charge on any atom is -0.300 e. The smallest absolute Gasteiger partial charge is 0.0635 e. The van der Waals surface area contributed by atoms with Crippen LogP contribution in [0.3, 0.4) is 0 Å². The first-order valence-electron chi connectivity index (χ1n) is 4.89. The highest BCUT2D eigenvalue weighted by molar-refractivity contribution is 7.11. The number of thiophene rings is 1. The van der Waals surface area contributed by atoms with E-state index < -0.39 is 0 Å². The molecule has 0 radical (unpaired) electrons. The van der Waals surface area contributed by atoms with Gasteiger partial charge in [-0.15, -0.1) is 11.3 Å². The molecule has 0 N–H and O–H groups in total. The molecule has 0 fully saturated rings. The van der Waals surface area contributed by atoms with Gasteiger partial charge in [0.25, 0.3) is 0 Å². The van der Waals surface area contributed by atoms with Gasteiger partial charge in [-0.25, -0.2) is 0 Å². The molecule has 0 aliphatic carbocycles. The number of nitriles is 1. The average molecular weight is 208 g/mol. The van der Waals surface area contributed by atoms with E-state index in [2.05, 4.69) is 37.1 Å². The van der Waals surface area contributed by atoms with Crippen LogP contribution in [0.25, 0.3) is 0 Å². The first-order chi connectivity index (χ1) is 6.76. The molecule has 3 heteroatoms. The molecule has 0 aliphatic heterocycles. The molecule has 1 aromatic heterocycles. The summed E-state index contributed by atoms with van der Waals surface area (Å²) in [4.78, 5) is 5.02. The summed E-state index contributed by atoms with van der Waals surface area (Å²) in [7, 11) is 2.06. The summed E-state index contributed by atoms with van der Waals surface area (Å²) in [6.07, 6.45) is 1.73. The van der Waals surface area contributed by atoms with Crippen LogP contribution in [0.4, 0.5) is 0 Å². The predicted molar refractivity (Wildman–Crippen MR) is 60.3 cm³/mol. The highest BCUT2D eigenvalue weighted by Gasteiger charge is 2.02. The van der Waals surface area contributed by atoms with Crippen LogP contribution < -0.4 is 0 Å². The topological polar surface area (TPSA) is 27.0 Å². The van der Waals surface area contributed by atoms with Crippen LogP contribution in [0.2, 0.25) is 0 Å². The van der Waals surface area contributed by atoms with Crippen molar-refractivity contribution in [3.05, 3.63) is 21.9 Å². The van der Waals surface area contributed by atoms with Crippen molar-refractivity contribution in [2.45, 2.75) is 26.3 Å². The van der Waals surface area contributed by atoms with Gasteiger partial charge in [0.15, 0.2) is 0 Å². The van der Waals surface area contributed by atoms with E-state index in [0.29, 0.717) is 6.42 Å². The number of rotatable bonds is 5. The van der Waals surface area contributed by atoms with Crippen LogP contribution >= 0.6 is 11.3 Å². The number of hydrogen-bond acceptors (Lipinski definition) is 3. The molecule has 2 nitrogen and oxygen atoms in total. The molecule has 0 atom stereocenters. The summed E-state index contributed by atoms with van der Waals surface area (Å²) in [5.74, 6) is 0. The quantitative estimate of drug-likeness (QED) is 0.744. The van der Waals surface area contributed by atoms with Crippen LogP contribution in [-0.2, 0) is 13.0 Å². The maximum absolute atomic E-state index is 8.45. The molecule has 1 heterocycles. The molecule has 0 spiro atoms. The summed E-state index contributed by atoms with van der Waals surface area (Å²) >= 11 is 1.87. The van der Waals surface area contributed by atoms with E-state index in [9.17, 15) is 0 Å². The largest absolute Gasteiger partial charge is 0.300 e. The van der Waals surface area contributed by atoms with Crippen molar-refractivity contribution in [3.8, 4) is 6.07 Å². The minimum atomic E-state index is 0.614. The average Bonchev–Trinajstić information content (AvgIpc) is 2.62. The highest BCUT2D eigenvalue weighted by atomic mass is 32.1. The van der Waals surface area contributed by atoms with Crippen molar-refractivity contribution in [1.82, 2.24) is 4.90 Å². The van der Waals surface area contributed by atoms with Crippen molar-refractivity contribution in [2.75, 3.05) is 13.6 Å². The van der Waals surface area contributed by atoms with Crippen LogP contribution in [0.15, 0.2) is 12.1 Å². The summed E-state index contributed by atoms with van der Waals surface area (Å²) in [5, 5.41) is 8.45. The summed E-state index contributed by atoms with van der Waals surface area (Å²) in [6, 6.07) is 6.54. The number of aryl methyl sites for hydroxylation is 1. The molecule has 0 unspecified atom stereocenters. The fourth-order valence-corrected chi connectivity index (χ4v) is 2.32. The second-order valence-electron chi connectivity index (χ2n) is 3.37. The Hall–Kier alpha value is -0.850. The van der Waals surface area contributed by atoms with Gasteiger partial charge < -0.3 is 4.90 Å². The van der Waals surface area contributed by atoms with E-state index in [1.165, 1.54) is 9.75 Å². The van der Waals surface area contributed by atoms with Crippen molar-refractivity contribution < 1.29 is 0 Å². The standard InChI is InChI=1S/C11H16N2S/c1-3-10-5-6-11(14-10)9-13(2)8-4-7-12/h5-6H,3-4,8-9H2,1-2H3. The van der Waals surface area contributed by atoms with Gasteiger partial charge in [0.05, 0.1) is 6.07 Å². The lowest BCUT2D eigenvalue weighted by Crippen LogP contribution is -2.17. The van der Waals surface area contributed by atoms with Gasteiger partial charge in [0.1, 0.15) is 0 Å². The van der Waals surface area contributed by atoms with Gasteiger partial charge in [0.2, 0.25) is 0 Å². The fraction of sp³-hybridized carbons (Fsp3) is 0.545. The van der Waals surface area contributed by atoms with Crippen molar-refractivity contribution in [1.29, 1.82) is 5.26 Å². The Morgan fingerprint density at radius 1 is 1.43 bits per heavy atom. The summed E-state index contributed by atoms with van der Waals surface area (Å²) < 4.78 is 0. The van der Waals surface area contributed by atoms with Gasteiger partial charge in [0, 0.05) is 29.3 Å². The van der Waals surface area contributed by atoms with Crippen molar-refractivity contribution in [2.24, 2.45) is 0 Å². The van der Waals surface area contributed by atoms with Gasteiger partial charge >= 0.3 is 0 Å². The maximum Gasteiger partial charge on any atom is 0.0635 e. The molecule has 0 aliphatic rings. The van der Waals surface area contributed by atoms with E-state index in [4.69, 9.17) is 5.26 Å². The van der Waals surface area contributed by atoms with Gasteiger partial charge in [-0.3, -0.25) is 0 Å². The SMILES string of the molecule is CCc1ccc(CN(C)CCC#N)s1. The lowest BCUT2D eigenvalue weighted by atomic mass is 10.3. The molecule has 0 amide bonds. The molecule has 14 heavy (non-hydrogen) atoms. The van der Waals surface area contributed by atoms with Gasteiger partial charge in [-0.2, -0.15) is 5.26 Å². The Labute approximate surface area is 89.8 Å². The van der Waals surface area contributed by atoms with Crippen LogP contribution in [0, 0.1) is 11.3 Å². The molecule has 1 aromatic rings. The Kier molecular flexibility index (Phi) is 4.64. The Balaban J connectivity index is 2.40. The zero-order valence-electron chi connectivity index (χ0n) is 8.79. The van der Waals surface area contributed by atoms with Gasteiger partial charge in [-0.1, -0.05) is 6.92 Å². The van der Waals surface area contributed by atoms with Crippen molar-refractivity contribution >= 4 is 11.3 Å². The van der Waals surface area contributed by atoms with Crippen LogP contribution in [-0.4, -0.2) is 18.5 Å².